The van der Waals surface area contributed by atoms with Gasteiger partial charge in [-0.3, -0.25) is 0 Å². The monoisotopic (exact) mass is 425 g/mol. The number of amides is 2. The maximum atomic E-state index is 12.7. The number of benzene rings is 1. The van der Waals surface area contributed by atoms with Crippen LogP contribution in [0, 0.1) is 0 Å². The lowest BCUT2D eigenvalue weighted by Gasteiger charge is -2.35. The fraction of sp³-hybridized carbons (Fsp3) is 0.450. The first-order valence-corrected chi connectivity index (χ1v) is 10.8. The van der Waals surface area contributed by atoms with Crippen LogP contribution in [0.1, 0.15) is 31.4 Å². The predicted octanol–water partition coefficient (Wildman–Crippen LogP) is 5.52. The summed E-state index contributed by atoms with van der Waals surface area (Å²) in [6.07, 6.45) is 1.99. The molecular weight excluding hydrogens is 401 g/mol. The fourth-order valence-electron chi connectivity index (χ4n) is 3.45. The van der Waals surface area contributed by atoms with Gasteiger partial charge in [0, 0.05) is 18.7 Å². The molecule has 1 fully saturated rings. The van der Waals surface area contributed by atoms with Gasteiger partial charge in [-0.05, 0) is 67.9 Å². The van der Waals surface area contributed by atoms with Crippen LogP contribution in [0.5, 0.6) is 0 Å². The molecule has 1 saturated heterocycles. The predicted molar refractivity (Wildman–Crippen MR) is 115 cm³/mol. The number of hydrogen-bond acceptors (Lipinski definition) is 3. The molecule has 1 unspecified atom stereocenters. The zero-order valence-electron chi connectivity index (χ0n) is 15.8. The third kappa shape index (κ3) is 4.60. The Morgan fingerprint density at radius 2 is 1.96 bits per heavy atom. The van der Waals surface area contributed by atoms with E-state index in [-0.39, 0.29) is 18.1 Å². The van der Waals surface area contributed by atoms with E-state index >= 15 is 0 Å². The third-order valence-corrected chi connectivity index (χ3v) is 6.89. The lowest BCUT2D eigenvalue weighted by molar-refractivity contribution is 0.146. The Balaban J connectivity index is 1.69. The van der Waals surface area contributed by atoms with Gasteiger partial charge in [0.15, 0.2) is 0 Å². The van der Waals surface area contributed by atoms with Gasteiger partial charge in [0.05, 0.1) is 16.1 Å². The van der Waals surface area contributed by atoms with Gasteiger partial charge in [-0.25, -0.2) is 4.79 Å². The fourth-order valence-corrected chi connectivity index (χ4v) is 4.72. The molecule has 0 bridgehead atoms. The van der Waals surface area contributed by atoms with Crippen molar-refractivity contribution < 1.29 is 4.79 Å². The van der Waals surface area contributed by atoms with Crippen LogP contribution < -0.4 is 5.32 Å². The van der Waals surface area contributed by atoms with E-state index < -0.39 is 0 Å². The van der Waals surface area contributed by atoms with Crippen molar-refractivity contribution in [3.05, 3.63) is 44.6 Å². The van der Waals surface area contributed by atoms with Gasteiger partial charge < -0.3 is 15.1 Å². The Kier molecular flexibility index (Phi) is 6.69. The van der Waals surface area contributed by atoms with Crippen molar-refractivity contribution in [3.8, 4) is 11.1 Å². The molecule has 1 aliphatic heterocycles. The summed E-state index contributed by atoms with van der Waals surface area (Å²) in [4.78, 5) is 16.8. The number of hydrogen-bond donors (Lipinski definition) is 1. The molecule has 146 valence electrons. The number of halogens is 2. The summed E-state index contributed by atoms with van der Waals surface area (Å²) in [6, 6.07) is 5.90. The number of carbonyl (C=O) groups excluding carboxylic acids is 1. The third-order valence-electron chi connectivity index (χ3n) is 5.31. The van der Waals surface area contributed by atoms with Crippen molar-refractivity contribution in [1.82, 2.24) is 15.1 Å². The first-order valence-electron chi connectivity index (χ1n) is 9.10. The SMILES string of the molecule is CC(NC(=O)N(C)C1CCN(C)CC1)c1ccc(-c2ccsc2)c(Cl)c1Cl. The van der Waals surface area contributed by atoms with Gasteiger partial charge >= 0.3 is 6.03 Å². The minimum absolute atomic E-state index is 0.0776. The second kappa shape index (κ2) is 8.82. The highest BCUT2D eigenvalue weighted by atomic mass is 35.5. The Morgan fingerprint density at radius 3 is 2.59 bits per heavy atom. The second-order valence-electron chi connectivity index (χ2n) is 7.16. The number of thiophene rings is 1. The summed E-state index contributed by atoms with van der Waals surface area (Å²) in [5.41, 5.74) is 2.79. The van der Waals surface area contributed by atoms with Crippen molar-refractivity contribution in [3.63, 3.8) is 0 Å². The van der Waals surface area contributed by atoms with E-state index in [0.717, 1.165) is 42.6 Å². The van der Waals surface area contributed by atoms with Crippen LogP contribution in [0.4, 0.5) is 4.79 Å². The van der Waals surface area contributed by atoms with Crippen LogP contribution >= 0.6 is 34.5 Å². The number of rotatable bonds is 4. The maximum absolute atomic E-state index is 12.7. The van der Waals surface area contributed by atoms with E-state index in [4.69, 9.17) is 23.2 Å². The molecule has 7 heteroatoms. The highest BCUT2D eigenvalue weighted by Crippen LogP contribution is 2.38. The number of nitrogens with zero attached hydrogens (tertiary/aromatic N) is 2. The normalized spacial score (nSPS) is 16.9. The van der Waals surface area contributed by atoms with Gasteiger partial charge in [0.1, 0.15) is 0 Å². The quantitative estimate of drug-likeness (QED) is 0.699. The summed E-state index contributed by atoms with van der Waals surface area (Å²) in [6.45, 7) is 3.97. The van der Waals surface area contributed by atoms with Crippen molar-refractivity contribution in [2.24, 2.45) is 0 Å². The van der Waals surface area contributed by atoms with Crippen LogP contribution in [-0.4, -0.2) is 49.1 Å². The van der Waals surface area contributed by atoms with Gasteiger partial charge in [-0.1, -0.05) is 35.3 Å². The number of urea groups is 1. The summed E-state index contributed by atoms with van der Waals surface area (Å²) < 4.78 is 0. The first kappa shape index (κ1) is 20.5. The van der Waals surface area contributed by atoms with Crippen molar-refractivity contribution in [2.45, 2.75) is 31.8 Å². The molecule has 2 heterocycles. The average molecular weight is 426 g/mol. The molecule has 0 spiro atoms. The molecule has 1 aromatic carbocycles. The van der Waals surface area contributed by atoms with Crippen molar-refractivity contribution in [1.29, 1.82) is 0 Å². The zero-order chi connectivity index (χ0) is 19.6. The molecule has 3 rings (SSSR count). The number of piperidine rings is 1. The van der Waals surface area contributed by atoms with E-state index in [2.05, 4.69) is 17.3 Å². The molecule has 1 N–H and O–H groups in total. The summed E-state index contributed by atoms with van der Waals surface area (Å²) in [5.74, 6) is 0. The van der Waals surface area contributed by atoms with Gasteiger partial charge in [0.25, 0.3) is 0 Å². The molecule has 0 saturated carbocycles. The molecule has 4 nitrogen and oxygen atoms in total. The Labute approximate surface area is 175 Å². The van der Waals surface area contributed by atoms with Gasteiger partial charge in [0.2, 0.25) is 0 Å². The van der Waals surface area contributed by atoms with Crippen molar-refractivity contribution >= 4 is 40.6 Å². The molecule has 2 amide bonds. The minimum atomic E-state index is -0.229. The summed E-state index contributed by atoms with van der Waals surface area (Å²) in [5, 5.41) is 8.13. The smallest absolute Gasteiger partial charge is 0.317 e. The summed E-state index contributed by atoms with van der Waals surface area (Å²) in [7, 11) is 3.98. The summed E-state index contributed by atoms with van der Waals surface area (Å²) >= 11 is 14.7. The minimum Gasteiger partial charge on any atom is -0.331 e. The molecule has 1 aliphatic rings. The topological polar surface area (TPSA) is 35.6 Å². The van der Waals surface area contributed by atoms with E-state index in [1.165, 1.54) is 0 Å². The second-order valence-corrected chi connectivity index (χ2v) is 8.69. The van der Waals surface area contributed by atoms with Crippen LogP contribution in [-0.2, 0) is 0 Å². The Hall–Kier alpha value is -1.27. The lowest BCUT2D eigenvalue weighted by atomic mass is 10.0. The van der Waals surface area contributed by atoms with Gasteiger partial charge in [-0.2, -0.15) is 11.3 Å². The molecular formula is C20H25Cl2N3OS. The highest BCUT2D eigenvalue weighted by Gasteiger charge is 2.25. The van der Waals surface area contributed by atoms with E-state index in [1.54, 1.807) is 11.3 Å². The van der Waals surface area contributed by atoms with Crippen LogP contribution in [0.3, 0.4) is 0 Å². The van der Waals surface area contributed by atoms with E-state index in [0.29, 0.717) is 10.0 Å². The number of carbonyl (C=O) groups is 1. The molecule has 1 aromatic heterocycles. The molecule has 0 radical (unpaired) electrons. The van der Waals surface area contributed by atoms with Crippen LogP contribution in [0.25, 0.3) is 11.1 Å². The molecule has 1 atom stereocenters. The largest absolute Gasteiger partial charge is 0.331 e. The molecule has 27 heavy (non-hydrogen) atoms. The lowest BCUT2D eigenvalue weighted by Crippen LogP contribution is -2.48. The van der Waals surface area contributed by atoms with Crippen LogP contribution in [0.15, 0.2) is 29.0 Å². The molecule has 0 aliphatic carbocycles. The number of nitrogens with one attached hydrogen (secondary N) is 1. The number of likely N-dealkylation sites (tertiary alicyclic amines) is 1. The first-order chi connectivity index (χ1) is 12.9. The molecule has 2 aromatic rings. The van der Waals surface area contributed by atoms with Gasteiger partial charge in [-0.15, -0.1) is 0 Å². The highest BCUT2D eigenvalue weighted by molar-refractivity contribution is 7.08. The standard InChI is InChI=1S/C20H25Cl2N3OS/c1-13(23-20(26)25(3)15-6-9-24(2)10-7-15)16-4-5-17(19(22)18(16)21)14-8-11-27-12-14/h4-5,8,11-13,15H,6-7,9-10H2,1-3H3,(H,23,26). The Morgan fingerprint density at radius 1 is 1.26 bits per heavy atom. The van der Waals surface area contributed by atoms with Crippen molar-refractivity contribution in [2.75, 3.05) is 27.2 Å². The van der Waals surface area contributed by atoms with E-state index in [1.807, 2.05) is 47.8 Å². The zero-order valence-corrected chi connectivity index (χ0v) is 18.2. The van der Waals surface area contributed by atoms with Crippen LogP contribution in [0.2, 0.25) is 10.0 Å². The average Bonchev–Trinajstić information content (AvgIpc) is 3.18. The Bertz CT molecular complexity index is 789. The maximum Gasteiger partial charge on any atom is 0.317 e. The van der Waals surface area contributed by atoms with E-state index in [9.17, 15) is 4.79 Å².